The summed E-state index contributed by atoms with van der Waals surface area (Å²) in [5, 5.41) is 8.72. The van der Waals surface area contributed by atoms with Crippen molar-refractivity contribution in [3.8, 4) is 6.07 Å². The monoisotopic (exact) mass is 231 g/mol. The van der Waals surface area contributed by atoms with E-state index in [1.807, 2.05) is 13.0 Å². The van der Waals surface area contributed by atoms with Crippen LogP contribution in [-0.2, 0) is 0 Å². The first-order valence-corrected chi connectivity index (χ1v) is 6.92. The standard InChI is InChI=1S/C16H25N/c1-4-15-6-5-7-16(11-10-15)14(3)9-8-13(2)12-17/h8-9,15-16H,4-7,10-11H2,1-3H3. The zero-order valence-electron chi connectivity index (χ0n) is 11.5. The molecule has 1 heteroatoms. The molecular weight excluding hydrogens is 206 g/mol. The quantitative estimate of drug-likeness (QED) is 0.380. The van der Waals surface area contributed by atoms with Crippen LogP contribution >= 0.6 is 0 Å². The van der Waals surface area contributed by atoms with Crippen molar-refractivity contribution in [2.45, 2.75) is 59.3 Å². The van der Waals surface area contributed by atoms with E-state index >= 15 is 0 Å². The third-order valence-electron chi connectivity index (χ3n) is 4.08. The second-order valence-corrected chi connectivity index (χ2v) is 5.35. The van der Waals surface area contributed by atoms with Crippen molar-refractivity contribution >= 4 is 0 Å². The Morgan fingerprint density at radius 1 is 1.18 bits per heavy atom. The van der Waals surface area contributed by atoms with Crippen molar-refractivity contribution < 1.29 is 0 Å². The average molecular weight is 231 g/mol. The third-order valence-corrected chi connectivity index (χ3v) is 4.08. The molecule has 17 heavy (non-hydrogen) atoms. The van der Waals surface area contributed by atoms with Gasteiger partial charge in [-0.1, -0.05) is 37.8 Å². The zero-order valence-corrected chi connectivity index (χ0v) is 11.5. The summed E-state index contributed by atoms with van der Waals surface area (Å²) < 4.78 is 0. The van der Waals surface area contributed by atoms with E-state index < -0.39 is 0 Å². The van der Waals surface area contributed by atoms with Crippen molar-refractivity contribution in [3.05, 3.63) is 23.3 Å². The van der Waals surface area contributed by atoms with Gasteiger partial charge in [0.05, 0.1) is 6.07 Å². The average Bonchev–Trinajstić information content (AvgIpc) is 2.60. The van der Waals surface area contributed by atoms with E-state index in [1.54, 1.807) is 0 Å². The fourth-order valence-corrected chi connectivity index (χ4v) is 2.67. The van der Waals surface area contributed by atoms with E-state index in [9.17, 15) is 0 Å². The number of rotatable bonds is 3. The van der Waals surface area contributed by atoms with Gasteiger partial charge in [-0.25, -0.2) is 0 Å². The van der Waals surface area contributed by atoms with Crippen LogP contribution in [0.3, 0.4) is 0 Å². The predicted molar refractivity (Wildman–Crippen MR) is 73.5 cm³/mol. The smallest absolute Gasteiger partial charge is 0.0944 e. The lowest BCUT2D eigenvalue weighted by molar-refractivity contribution is 0.438. The molecule has 1 saturated carbocycles. The number of nitrogens with zero attached hydrogens (tertiary/aromatic N) is 1. The first kappa shape index (κ1) is 14.0. The molecule has 0 bridgehead atoms. The first-order valence-electron chi connectivity index (χ1n) is 6.92. The second-order valence-electron chi connectivity index (χ2n) is 5.35. The maximum Gasteiger partial charge on any atom is 0.0944 e. The van der Waals surface area contributed by atoms with Crippen LogP contribution in [-0.4, -0.2) is 0 Å². The summed E-state index contributed by atoms with van der Waals surface area (Å²) in [4.78, 5) is 0. The van der Waals surface area contributed by atoms with E-state index in [4.69, 9.17) is 5.26 Å². The molecule has 1 aliphatic rings. The van der Waals surface area contributed by atoms with Gasteiger partial charge in [0.25, 0.3) is 0 Å². The van der Waals surface area contributed by atoms with Gasteiger partial charge in [-0.05, 0) is 51.0 Å². The Bertz CT molecular complexity index is 330. The summed E-state index contributed by atoms with van der Waals surface area (Å²) in [6.07, 6.45) is 12.3. The Morgan fingerprint density at radius 2 is 1.94 bits per heavy atom. The molecule has 0 aromatic carbocycles. The normalized spacial score (nSPS) is 27.4. The minimum absolute atomic E-state index is 0.745. The molecular formula is C16H25N. The molecule has 1 aliphatic carbocycles. The Kier molecular flexibility index (Phi) is 6.05. The van der Waals surface area contributed by atoms with Gasteiger partial charge < -0.3 is 0 Å². The van der Waals surface area contributed by atoms with E-state index in [2.05, 4.69) is 26.0 Å². The van der Waals surface area contributed by atoms with Gasteiger partial charge in [0.1, 0.15) is 0 Å². The van der Waals surface area contributed by atoms with E-state index in [-0.39, 0.29) is 0 Å². The SMILES string of the molecule is CCC1CCCC(C(C)=CC=C(C)C#N)CC1. The molecule has 0 saturated heterocycles. The fraction of sp³-hybridized carbons (Fsp3) is 0.688. The van der Waals surface area contributed by atoms with E-state index in [1.165, 1.54) is 44.1 Å². The maximum atomic E-state index is 8.72. The van der Waals surface area contributed by atoms with E-state index in [0.29, 0.717) is 0 Å². The minimum atomic E-state index is 0.745. The Labute approximate surface area is 106 Å². The van der Waals surface area contributed by atoms with Gasteiger partial charge in [-0.15, -0.1) is 0 Å². The van der Waals surface area contributed by atoms with Crippen molar-refractivity contribution in [2.75, 3.05) is 0 Å². The molecule has 1 rings (SSSR count). The molecule has 1 fully saturated rings. The molecule has 0 amide bonds. The van der Waals surface area contributed by atoms with Gasteiger partial charge in [0.15, 0.2) is 0 Å². The molecule has 94 valence electrons. The molecule has 0 radical (unpaired) electrons. The lowest BCUT2D eigenvalue weighted by Gasteiger charge is -2.15. The molecule has 0 aromatic heterocycles. The summed E-state index contributed by atoms with van der Waals surface area (Å²) in [6.45, 7) is 6.40. The summed E-state index contributed by atoms with van der Waals surface area (Å²) in [5.74, 6) is 1.69. The van der Waals surface area contributed by atoms with Crippen LogP contribution in [0.2, 0.25) is 0 Å². The van der Waals surface area contributed by atoms with Crippen LogP contribution in [0.5, 0.6) is 0 Å². The second kappa shape index (κ2) is 7.33. The van der Waals surface area contributed by atoms with Crippen molar-refractivity contribution in [3.63, 3.8) is 0 Å². The van der Waals surface area contributed by atoms with Crippen LogP contribution in [0, 0.1) is 23.2 Å². The first-order chi connectivity index (χ1) is 8.17. The van der Waals surface area contributed by atoms with E-state index in [0.717, 1.165) is 17.4 Å². The molecule has 0 N–H and O–H groups in total. The van der Waals surface area contributed by atoms with Crippen molar-refractivity contribution in [1.29, 1.82) is 5.26 Å². The highest BCUT2D eigenvalue weighted by molar-refractivity contribution is 5.25. The van der Waals surface area contributed by atoms with Crippen LogP contribution in [0.15, 0.2) is 23.3 Å². The van der Waals surface area contributed by atoms with Crippen LogP contribution in [0.25, 0.3) is 0 Å². The molecule has 0 heterocycles. The van der Waals surface area contributed by atoms with Crippen LogP contribution in [0.1, 0.15) is 59.3 Å². The lowest BCUT2D eigenvalue weighted by Crippen LogP contribution is -2.01. The molecule has 0 aliphatic heterocycles. The number of allylic oxidation sites excluding steroid dienone is 4. The summed E-state index contributed by atoms with van der Waals surface area (Å²) in [6, 6.07) is 2.17. The molecule has 2 unspecified atom stereocenters. The number of hydrogen-bond donors (Lipinski definition) is 0. The lowest BCUT2D eigenvalue weighted by atomic mass is 9.91. The highest BCUT2D eigenvalue weighted by Crippen LogP contribution is 2.32. The van der Waals surface area contributed by atoms with Crippen molar-refractivity contribution in [1.82, 2.24) is 0 Å². The third kappa shape index (κ3) is 4.77. The fourth-order valence-electron chi connectivity index (χ4n) is 2.67. The largest absolute Gasteiger partial charge is 0.193 e. The van der Waals surface area contributed by atoms with Gasteiger partial charge in [0, 0.05) is 5.57 Å². The highest BCUT2D eigenvalue weighted by Gasteiger charge is 2.18. The van der Waals surface area contributed by atoms with Gasteiger partial charge in [-0.3, -0.25) is 0 Å². The molecule has 1 nitrogen and oxygen atoms in total. The highest BCUT2D eigenvalue weighted by atomic mass is 14.2. The number of hydrogen-bond acceptors (Lipinski definition) is 1. The van der Waals surface area contributed by atoms with Crippen molar-refractivity contribution in [2.24, 2.45) is 11.8 Å². The summed E-state index contributed by atoms with van der Waals surface area (Å²) >= 11 is 0. The Morgan fingerprint density at radius 3 is 2.59 bits per heavy atom. The predicted octanol–water partition coefficient (Wildman–Crippen LogP) is 5.01. The van der Waals surface area contributed by atoms with Crippen LogP contribution in [0.4, 0.5) is 0 Å². The van der Waals surface area contributed by atoms with Crippen LogP contribution < -0.4 is 0 Å². The minimum Gasteiger partial charge on any atom is -0.193 e. The molecule has 0 spiro atoms. The summed E-state index contributed by atoms with van der Waals surface area (Å²) in [7, 11) is 0. The Hall–Kier alpha value is -1.03. The topological polar surface area (TPSA) is 23.8 Å². The molecule has 2 atom stereocenters. The number of nitriles is 1. The molecule has 0 aromatic rings. The van der Waals surface area contributed by atoms with Gasteiger partial charge >= 0.3 is 0 Å². The van der Waals surface area contributed by atoms with Gasteiger partial charge in [0.2, 0.25) is 0 Å². The zero-order chi connectivity index (χ0) is 12.7. The summed E-state index contributed by atoms with van der Waals surface area (Å²) in [5.41, 5.74) is 2.25. The maximum absolute atomic E-state index is 8.72. The Balaban J connectivity index is 2.58. The van der Waals surface area contributed by atoms with Gasteiger partial charge in [-0.2, -0.15) is 5.26 Å².